The van der Waals surface area contributed by atoms with Gasteiger partial charge in [-0.25, -0.2) is 0 Å². The van der Waals surface area contributed by atoms with Gasteiger partial charge in [0.25, 0.3) is 0 Å². The zero-order valence-corrected chi connectivity index (χ0v) is 20.6. The van der Waals surface area contributed by atoms with Gasteiger partial charge in [-0.3, -0.25) is 4.79 Å². The minimum atomic E-state index is -4.45. The molecule has 2 aromatic carbocycles. The van der Waals surface area contributed by atoms with Crippen LogP contribution in [-0.4, -0.2) is 21.9 Å². The molecule has 4 nitrogen and oxygen atoms in total. The van der Waals surface area contributed by atoms with Gasteiger partial charge in [-0.15, -0.1) is 0 Å². The Morgan fingerprint density at radius 3 is 2.12 bits per heavy atom. The van der Waals surface area contributed by atoms with E-state index in [9.17, 15) is 23.1 Å². The van der Waals surface area contributed by atoms with Gasteiger partial charge in [0.2, 0.25) is 0 Å². The Balaban J connectivity index is 0.000000602. The van der Waals surface area contributed by atoms with E-state index in [4.69, 9.17) is 17.5 Å². The molecule has 0 spiro atoms. The van der Waals surface area contributed by atoms with E-state index < -0.39 is 17.3 Å². The van der Waals surface area contributed by atoms with E-state index in [-0.39, 0.29) is 17.1 Å². The predicted octanol–water partition coefficient (Wildman–Crippen LogP) is 7.22. The summed E-state index contributed by atoms with van der Waals surface area (Å²) in [6, 6.07) is 11.8. The molecule has 2 rings (SSSR count). The monoisotopic (exact) mass is 480 g/mol. The maximum Gasteiger partial charge on any atom is 0.417 e. The third-order valence-corrected chi connectivity index (χ3v) is 4.81. The first kappa shape index (κ1) is 30.1. The molecule has 0 aliphatic rings. The molecule has 0 aliphatic carbocycles. The molecule has 0 radical (unpaired) electrons. The Kier molecular flexibility index (Phi) is 12.4. The number of nitrogens with zero attached hydrogens (tertiary/aromatic N) is 2. The normalized spacial score (nSPS) is 10.5. The molecule has 0 atom stereocenters. The molecule has 0 heterocycles. The Bertz CT molecular complexity index is 950. The van der Waals surface area contributed by atoms with Crippen molar-refractivity contribution in [1.29, 1.82) is 5.26 Å². The largest absolute Gasteiger partial charge is 0.508 e. The molecule has 0 unspecified atom stereocenters. The minimum absolute atomic E-state index is 0.152. The van der Waals surface area contributed by atoms with Crippen molar-refractivity contribution in [3.63, 3.8) is 0 Å². The van der Waals surface area contributed by atoms with Gasteiger partial charge in [0.05, 0.1) is 28.2 Å². The summed E-state index contributed by atoms with van der Waals surface area (Å²) < 4.78 is 36.8. The van der Waals surface area contributed by atoms with Crippen molar-refractivity contribution in [2.24, 2.45) is 0 Å². The summed E-state index contributed by atoms with van der Waals surface area (Å²) in [5.41, 5.74) is 0.908. The Labute approximate surface area is 199 Å². The summed E-state index contributed by atoms with van der Waals surface area (Å²) in [7, 11) is 0. The van der Waals surface area contributed by atoms with Gasteiger partial charge in [-0.05, 0) is 63.6 Å². The number of ketones is 1. The highest BCUT2D eigenvalue weighted by Crippen LogP contribution is 2.32. The molecule has 8 heteroatoms. The average Bonchev–Trinajstić information content (AvgIpc) is 2.77. The summed E-state index contributed by atoms with van der Waals surface area (Å²) in [5.74, 6) is 0.347. The molecule has 33 heavy (non-hydrogen) atoms. The van der Waals surface area contributed by atoms with Crippen molar-refractivity contribution in [3.05, 3.63) is 59.2 Å². The van der Waals surface area contributed by atoms with Gasteiger partial charge < -0.3 is 10.0 Å². The maximum atomic E-state index is 12.3. The lowest BCUT2D eigenvalue weighted by Crippen LogP contribution is -2.49. The number of hydrogen-bond donors (Lipinski definition) is 1. The average molecular weight is 481 g/mol. The topological polar surface area (TPSA) is 64.3 Å². The lowest BCUT2D eigenvalue weighted by atomic mass is 9.93. The smallest absolute Gasteiger partial charge is 0.417 e. The number of Topliss-reactive ketones (excluding diaryl/α,β-unsaturated/α-hetero) is 1. The highest BCUT2D eigenvalue weighted by Gasteiger charge is 2.34. The summed E-state index contributed by atoms with van der Waals surface area (Å²) in [6.45, 7) is 11.3. The molecule has 0 bridgehead atoms. The van der Waals surface area contributed by atoms with Crippen molar-refractivity contribution in [2.75, 3.05) is 4.90 Å². The minimum Gasteiger partial charge on any atom is -0.508 e. The second kappa shape index (κ2) is 13.6. The third kappa shape index (κ3) is 8.85. The Hall–Kier alpha value is -2.92. The first-order chi connectivity index (χ1) is 15.4. The molecule has 1 N–H and O–H groups in total. The highest BCUT2D eigenvalue weighted by atomic mass is 32.1. The summed E-state index contributed by atoms with van der Waals surface area (Å²) in [4.78, 5) is 13.9. The number of hydrogen-bond acceptors (Lipinski definition) is 4. The number of halogens is 3. The van der Waals surface area contributed by atoms with Crippen LogP contribution < -0.4 is 4.90 Å². The van der Waals surface area contributed by atoms with E-state index in [0.717, 1.165) is 18.2 Å². The van der Waals surface area contributed by atoms with Crippen molar-refractivity contribution in [3.8, 4) is 11.8 Å². The van der Waals surface area contributed by atoms with Crippen molar-refractivity contribution in [1.82, 2.24) is 0 Å². The van der Waals surface area contributed by atoms with Crippen LogP contribution in [0.5, 0.6) is 5.75 Å². The number of thiocarbonyl (C=S) groups is 1. The van der Waals surface area contributed by atoms with Crippen LogP contribution in [0.15, 0.2) is 42.5 Å². The Morgan fingerprint density at radius 2 is 1.70 bits per heavy atom. The molecular weight excluding hydrogens is 449 g/mol. The van der Waals surface area contributed by atoms with E-state index in [0.29, 0.717) is 12.0 Å². The van der Waals surface area contributed by atoms with E-state index in [1.54, 1.807) is 36.1 Å². The molecule has 0 saturated carbocycles. The van der Waals surface area contributed by atoms with Crippen LogP contribution in [-0.2, 0) is 11.0 Å². The number of phenolic OH excluding ortho intramolecular Hbond substituents is 1. The quantitative estimate of drug-likeness (QED) is 0.442. The Morgan fingerprint density at radius 1 is 1.15 bits per heavy atom. The number of aromatic hydroxyl groups is 1. The molecular formula is C25H31F3N2O2S. The van der Waals surface area contributed by atoms with E-state index in [1.165, 1.54) is 23.7 Å². The standard InChI is InChI=1S/C14H19NO2S.C9H6F3N.C2H6/c1-4-5-13(17)14(2,3)15(10-18)11-6-8-12(16)9-7-11;1-6-2-3-7(5-13)8(4-6)9(10,11)12;1-2/h6-10,16H,4-5H2,1-3H3;2-4H,1H3;1-2H3. The molecule has 0 fully saturated rings. The maximum absolute atomic E-state index is 12.3. The molecule has 180 valence electrons. The SMILES string of the molecule is CC.CCCC(=O)C(C)(C)N(C=S)c1ccc(O)cc1.Cc1ccc(C#N)c(C(F)(F)F)c1. The number of carbonyl (C=O) groups is 1. The first-order valence-electron chi connectivity index (χ1n) is 10.5. The van der Waals surface area contributed by atoms with Crippen molar-refractivity contribution < 1.29 is 23.1 Å². The van der Waals surface area contributed by atoms with Gasteiger partial charge in [0, 0.05) is 12.1 Å². The fraction of sp³-hybridized carbons (Fsp3) is 0.400. The van der Waals surface area contributed by atoms with Gasteiger partial charge in [0.15, 0.2) is 5.78 Å². The molecule has 0 amide bonds. The number of anilines is 1. The van der Waals surface area contributed by atoms with E-state index in [1.807, 2.05) is 34.6 Å². The highest BCUT2D eigenvalue weighted by molar-refractivity contribution is 7.79. The summed E-state index contributed by atoms with van der Waals surface area (Å²) in [6.07, 6.45) is -3.09. The number of alkyl halides is 3. The van der Waals surface area contributed by atoms with Crippen LogP contribution in [0.1, 0.15) is 64.2 Å². The van der Waals surface area contributed by atoms with Crippen molar-refractivity contribution >= 4 is 29.2 Å². The van der Waals surface area contributed by atoms with Crippen LogP contribution in [0.2, 0.25) is 0 Å². The first-order valence-corrected chi connectivity index (χ1v) is 11.0. The second-order valence-electron chi connectivity index (χ2n) is 7.38. The number of phenols is 1. The molecule has 0 aromatic heterocycles. The third-order valence-electron chi connectivity index (χ3n) is 4.60. The van der Waals surface area contributed by atoms with E-state index >= 15 is 0 Å². The van der Waals surface area contributed by atoms with Crippen LogP contribution in [0.3, 0.4) is 0 Å². The molecule has 0 aliphatic heterocycles. The number of aryl methyl sites for hydroxylation is 1. The lowest BCUT2D eigenvalue weighted by molar-refractivity contribution is -0.137. The van der Waals surface area contributed by atoms with Crippen LogP contribution in [0, 0.1) is 18.3 Å². The van der Waals surface area contributed by atoms with Gasteiger partial charge >= 0.3 is 6.18 Å². The zero-order chi connectivity index (χ0) is 25.8. The van der Waals surface area contributed by atoms with Gasteiger partial charge in [0.1, 0.15) is 5.75 Å². The molecule has 2 aromatic rings. The lowest BCUT2D eigenvalue weighted by Gasteiger charge is -2.35. The van der Waals surface area contributed by atoms with E-state index in [2.05, 4.69) is 0 Å². The number of nitriles is 1. The fourth-order valence-corrected chi connectivity index (χ4v) is 3.17. The number of carbonyl (C=O) groups excluding carboxylic acids is 1. The second-order valence-corrected chi connectivity index (χ2v) is 7.59. The zero-order valence-electron chi connectivity index (χ0n) is 19.8. The summed E-state index contributed by atoms with van der Waals surface area (Å²) in [5, 5.41) is 17.7. The summed E-state index contributed by atoms with van der Waals surface area (Å²) >= 11 is 5.03. The fourth-order valence-electron chi connectivity index (χ4n) is 2.79. The predicted molar refractivity (Wildman–Crippen MR) is 130 cm³/mol. The number of rotatable bonds is 6. The van der Waals surface area contributed by atoms with Crippen LogP contribution in [0.25, 0.3) is 0 Å². The van der Waals surface area contributed by atoms with Gasteiger partial charge in [-0.2, -0.15) is 18.4 Å². The van der Waals surface area contributed by atoms with Crippen LogP contribution >= 0.6 is 12.2 Å². The van der Waals surface area contributed by atoms with Gasteiger partial charge in [-0.1, -0.05) is 44.6 Å². The van der Waals surface area contributed by atoms with Crippen molar-refractivity contribution in [2.45, 2.75) is 66.1 Å². The number of benzene rings is 2. The van der Waals surface area contributed by atoms with Crippen LogP contribution in [0.4, 0.5) is 18.9 Å². The molecule has 0 saturated heterocycles.